The molecule has 3 amide bonds. The molecule has 0 unspecified atom stereocenters. The van der Waals surface area contributed by atoms with Gasteiger partial charge in [0.2, 0.25) is 0 Å². The van der Waals surface area contributed by atoms with Gasteiger partial charge >= 0.3 is 12.1 Å². The normalized spacial score (nSPS) is 21.6. The third kappa shape index (κ3) is 4.11. The van der Waals surface area contributed by atoms with Crippen LogP contribution in [0.25, 0.3) is 0 Å². The fourth-order valence-electron chi connectivity index (χ4n) is 3.96. The Morgan fingerprint density at radius 1 is 1.04 bits per heavy atom. The predicted molar refractivity (Wildman–Crippen MR) is 105 cm³/mol. The summed E-state index contributed by atoms with van der Waals surface area (Å²) in [5.74, 6) is 0.264. The molecular formula is C22H25N3O3. The highest BCUT2D eigenvalue weighted by molar-refractivity contribution is 5.75. The highest BCUT2D eigenvalue weighted by Gasteiger charge is 2.41. The third-order valence-corrected chi connectivity index (χ3v) is 5.55. The van der Waals surface area contributed by atoms with Crippen LogP contribution in [-0.4, -0.2) is 47.7 Å². The minimum Gasteiger partial charge on any atom is -0.449 e. The van der Waals surface area contributed by atoms with Gasteiger partial charge in [0.15, 0.2) is 0 Å². The number of urea groups is 1. The van der Waals surface area contributed by atoms with Gasteiger partial charge in [-0.3, -0.25) is 4.90 Å². The van der Waals surface area contributed by atoms with Crippen molar-refractivity contribution in [3.05, 3.63) is 71.8 Å². The van der Waals surface area contributed by atoms with E-state index in [9.17, 15) is 9.59 Å². The number of hydrogen-bond acceptors (Lipinski definition) is 3. The smallest absolute Gasteiger partial charge is 0.410 e. The molecule has 1 N–H and O–H groups in total. The van der Waals surface area contributed by atoms with Crippen molar-refractivity contribution in [2.24, 2.45) is 5.92 Å². The molecule has 2 saturated heterocycles. The molecule has 0 spiro atoms. The summed E-state index contributed by atoms with van der Waals surface area (Å²) in [6, 6.07) is 19.7. The van der Waals surface area contributed by atoms with Crippen molar-refractivity contribution in [3.63, 3.8) is 0 Å². The van der Waals surface area contributed by atoms with Crippen LogP contribution in [0.5, 0.6) is 0 Å². The second-order valence-corrected chi connectivity index (χ2v) is 7.40. The first-order valence-corrected chi connectivity index (χ1v) is 9.75. The third-order valence-electron chi connectivity index (χ3n) is 5.55. The van der Waals surface area contributed by atoms with E-state index >= 15 is 0 Å². The lowest BCUT2D eigenvalue weighted by molar-refractivity contribution is -0.0241. The summed E-state index contributed by atoms with van der Waals surface area (Å²) in [7, 11) is 0. The van der Waals surface area contributed by atoms with E-state index in [0.717, 1.165) is 17.5 Å². The molecule has 2 heterocycles. The Morgan fingerprint density at radius 2 is 1.71 bits per heavy atom. The van der Waals surface area contributed by atoms with Gasteiger partial charge in [0.05, 0.1) is 12.6 Å². The summed E-state index contributed by atoms with van der Waals surface area (Å²) < 4.78 is 5.40. The highest BCUT2D eigenvalue weighted by atomic mass is 16.6. The van der Waals surface area contributed by atoms with Crippen LogP contribution in [0.2, 0.25) is 0 Å². The molecule has 146 valence electrons. The van der Waals surface area contributed by atoms with E-state index in [2.05, 4.69) is 5.32 Å². The number of fused-ring (bicyclic) bond motifs is 1. The van der Waals surface area contributed by atoms with Gasteiger partial charge in [-0.1, -0.05) is 60.7 Å². The average molecular weight is 379 g/mol. The number of carbonyl (C=O) groups is 2. The molecule has 2 aromatic rings. The molecule has 28 heavy (non-hydrogen) atoms. The SMILES string of the molecule is O=C(NCc1ccccc1)N1CC[C@@H]2COC(=O)N(Cc3ccccc3)[C@@H]2C1. The van der Waals surface area contributed by atoms with Crippen LogP contribution in [0, 0.1) is 5.92 Å². The molecule has 0 aliphatic carbocycles. The van der Waals surface area contributed by atoms with E-state index in [4.69, 9.17) is 4.74 Å². The van der Waals surface area contributed by atoms with Gasteiger partial charge in [0.1, 0.15) is 0 Å². The lowest BCUT2D eigenvalue weighted by Gasteiger charge is -2.46. The van der Waals surface area contributed by atoms with Crippen LogP contribution in [0.3, 0.4) is 0 Å². The van der Waals surface area contributed by atoms with Crippen molar-refractivity contribution in [2.75, 3.05) is 19.7 Å². The van der Waals surface area contributed by atoms with Gasteiger partial charge in [-0.05, 0) is 17.5 Å². The molecule has 0 saturated carbocycles. The van der Waals surface area contributed by atoms with Gasteiger partial charge in [-0.25, -0.2) is 9.59 Å². The second-order valence-electron chi connectivity index (χ2n) is 7.40. The van der Waals surface area contributed by atoms with Crippen LogP contribution < -0.4 is 5.32 Å². The number of nitrogens with zero attached hydrogens (tertiary/aromatic N) is 2. The van der Waals surface area contributed by atoms with Gasteiger partial charge in [-0.15, -0.1) is 0 Å². The number of benzene rings is 2. The first-order chi connectivity index (χ1) is 13.7. The molecule has 2 fully saturated rings. The Kier molecular flexibility index (Phi) is 5.46. The zero-order chi connectivity index (χ0) is 19.3. The molecule has 2 aliphatic heterocycles. The number of ether oxygens (including phenoxy) is 1. The molecule has 2 atom stereocenters. The number of likely N-dealkylation sites (tertiary alicyclic amines) is 1. The largest absolute Gasteiger partial charge is 0.449 e. The first kappa shape index (κ1) is 18.3. The molecule has 4 rings (SSSR count). The Morgan fingerprint density at radius 3 is 2.43 bits per heavy atom. The Balaban J connectivity index is 1.41. The predicted octanol–water partition coefficient (Wildman–Crippen LogP) is 3.24. The van der Waals surface area contributed by atoms with Gasteiger partial charge in [0.25, 0.3) is 0 Å². The summed E-state index contributed by atoms with van der Waals surface area (Å²) in [5, 5.41) is 2.99. The lowest BCUT2D eigenvalue weighted by Crippen LogP contribution is -2.60. The molecule has 6 heteroatoms. The summed E-state index contributed by atoms with van der Waals surface area (Å²) in [6.45, 7) is 2.65. The van der Waals surface area contributed by atoms with Crippen LogP contribution >= 0.6 is 0 Å². The van der Waals surface area contributed by atoms with E-state index in [0.29, 0.717) is 32.8 Å². The second kappa shape index (κ2) is 8.33. The number of carbonyl (C=O) groups excluding carboxylic acids is 2. The number of piperidine rings is 1. The standard InChI is InChI=1S/C22H25N3O3/c26-21(23-13-17-7-3-1-4-8-17)24-12-11-19-16-28-22(27)25(20(19)15-24)14-18-9-5-2-6-10-18/h1-10,19-20H,11-16H2,(H,23,26)/t19-,20-/m1/s1. The Labute approximate surface area is 165 Å². The van der Waals surface area contributed by atoms with Crippen LogP contribution in [0.1, 0.15) is 17.5 Å². The van der Waals surface area contributed by atoms with E-state index in [-0.39, 0.29) is 24.1 Å². The highest BCUT2D eigenvalue weighted by Crippen LogP contribution is 2.29. The average Bonchev–Trinajstić information content (AvgIpc) is 2.75. The Bertz CT molecular complexity index is 812. The molecule has 0 bridgehead atoms. The molecule has 2 aliphatic rings. The minimum absolute atomic E-state index is 0.0160. The van der Waals surface area contributed by atoms with Crippen LogP contribution in [0.4, 0.5) is 9.59 Å². The van der Waals surface area contributed by atoms with Crippen LogP contribution in [-0.2, 0) is 17.8 Å². The number of rotatable bonds is 4. The lowest BCUT2D eigenvalue weighted by atomic mass is 9.90. The molecule has 0 radical (unpaired) electrons. The topological polar surface area (TPSA) is 61.9 Å². The molecule has 6 nitrogen and oxygen atoms in total. The summed E-state index contributed by atoms with van der Waals surface area (Å²) in [6.07, 6.45) is 0.541. The van der Waals surface area contributed by atoms with E-state index in [1.807, 2.05) is 65.6 Å². The fraction of sp³-hybridized carbons (Fsp3) is 0.364. The van der Waals surface area contributed by atoms with E-state index in [1.165, 1.54) is 0 Å². The summed E-state index contributed by atoms with van der Waals surface area (Å²) in [4.78, 5) is 28.7. The van der Waals surface area contributed by atoms with Gasteiger partial charge in [-0.2, -0.15) is 0 Å². The van der Waals surface area contributed by atoms with Crippen molar-refractivity contribution in [3.8, 4) is 0 Å². The van der Waals surface area contributed by atoms with Crippen molar-refractivity contribution < 1.29 is 14.3 Å². The monoisotopic (exact) mass is 379 g/mol. The quantitative estimate of drug-likeness (QED) is 0.887. The first-order valence-electron chi connectivity index (χ1n) is 9.75. The number of amides is 3. The zero-order valence-corrected chi connectivity index (χ0v) is 15.8. The molecule has 0 aromatic heterocycles. The fourth-order valence-corrected chi connectivity index (χ4v) is 3.96. The summed E-state index contributed by atoms with van der Waals surface area (Å²) >= 11 is 0. The summed E-state index contributed by atoms with van der Waals surface area (Å²) in [5.41, 5.74) is 2.13. The Hall–Kier alpha value is -3.02. The maximum atomic E-state index is 12.7. The molecular weight excluding hydrogens is 354 g/mol. The van der Waals surface area contributed by atoms with Crippen molar-refractivity contribution in [1.82, 2.24) is 15.1 Å². The number of nitrogens with one attached hydrogen (secondary N) is 1. The van der Waals surface area contributed by atoms with Gasteiger partial charge < -0.3 is 15.0 Å². The minimum atomic E-state index is -0.295. The zero-order valence-electron chi connectivity index (χ0n) is 15.8. The van der Waals surface area contributed by atoms with Crippen molar-refractivity contribution >= 4 is 12.1 Å². The van der Waals surface area contributed by atoms with Gasteiger partial charge in [0, 0.05) is 32.1 Å². The van der Waals surface area contributed by atoms with Crippen molar-refractivity contribution in [1.29, 1.82) is 0 Å². The van der Waals surface area contributed by atoms with Crippen molar-refractivity contribution in [2.45, 2.75) is 25.6 Å². The van der Waals surface area contributed by atoms with E-state index in [1.54, 1.807) is 4.90 Å². The maximum absolute atomic E-state index is 12.7. The molecule has 2 aromatic carbocycles. The number of hydrogen-bond donors (Lipinski definition) is 1. The maximum Gasteiger partial charge on any atom is 0.410 e. The van der Waals surface area contributed by atoms with Crippen LogP contribution in [0.15, 0.2) is 60.7 Å². The van der Waals surface area contributed by atoms with E-state index < -0.39 is 0 Å². The number of cyclic esters (lactones) is 1.